The van der Waals surface area contributed by atoms with Crippen LogP contribution in [-0.2, 0) is 9.53 Å². The molecule has 0 saturated heterocycles. The number of amides is 2. The van der Waals surface area contributed by atoms with Crippen LogP contribution in [0.4, 0.5) is 20.2 Å². The third-order valence-electron chi connectivity index (χ3n) is 5.48. The molecule has 1 saturated carbocycles. The van der Waals surface area contributed by atoms with Gasteiger partial charge < -0.3 is 20.3 Å². The maximum Gasteiger partial charge on any atom is 0.331 e. The lowest BCUT2D eigenvalue weighted by atomic mass is 9.76. The number of benzene rings is 2. The van der Waals surface area contributed by atoms with E-state index in [9.17, 15) is 23.2 Å². The predicted molar refractivity (Wildman–Crippen MR) is 111 cm³/mol. The first kappa shape index (κ1) is 22.2. The lowest BCUT2D eigenvalue weighted by Crippen LogP contribution is -2.52. The van der Waals surface area contributed by atoms with Gasteiger partial charge in [-0.25, -0.2) is 13.6 Å². The molecule has 0 unspecified atom stereocenters. The average molecular weight is 431 g/mol. The van der Waals surface area contributed by atoms with Gasteiger partial charge in [0.25, 0.3) is 11.8 Å². The van der Waals surface area contributed by atoms with Gasteiger partial charge in [0.1, 0.15) is 17.2 Å². The fourth-order valence-corrected chi connectivity index (χ4v) is 3.48. The molecule has 1 fully saturated rings. The van der Waals surface area contributed by atoms with Gasteiger partial charge in [0.2, 0.25) is 0 Å². The topological polar surface area (TPSA) is 87.7 Å². The lowest BCUT2D eigenvalue weighted by Gasteiger charge is -2.40. The van der Waals surface area contributed by atoms with Gasteiger partial charge in [0.05, 0.1) is 18.2 Å². The summed E-state index contributed by atoms with van der Waals surface area (Å²) >= 11 is 0. The standard InChI is InChI=1S/C22H23F2N3O4/c1-25-19(28)15-8-6-14(12-18(15)24)27(2)20(29)16-7-5-13(11-17(16)23)26-22(9-4-10-22)21(30)31-3/h5-8,11-12,26H,4,9-10H2,1-3H3,(H,25,28). The van der Waals surface area contributed by atoms with Crippen molar-refractivity contribution in [3.05, 3.63) is 59.2 Å². The minimum absolute atomic E-state index is 0.163. The van der Waals surface area contributed by atoms with Crippen molar-refractivity contribution in [2.75, 3.05) is 31.4 Å². The number of carbonyl (C=O) groups excluding carboxylic acids is 3. The fourth-order valence-electron chi connectivity index (χ4n) is 3.48. The van der Waals surface area contributed by atoms with E-state index in [-0.39, 0.29) is 16.8 Å². The molecule has 1 aliphatic rings. The number of halogens is 2. The average Bonchev–Trinajstić information content (AvgIpc) is 2.74. The van der Waals surface area contributed by atoms with E-state index in [1.54, 1.807) is 0 Å². The van der Waals surface area contributed by atoms with Crippen molar-refractivity contribution in [2.45, 2.75) is 24.8 Å². The number of anilines is 2. The molecule has 31 heavy (non-hydrogen) atoms. The van der Waals surface area contributed by atoms with Crippen LogP contribution in [0.1, 0.15) is 40.0 Å². The molecule has 0 heterocycles. The van der Waals surface area contributed by atoms with Crippen molar-refractivity contribution in [1.29, 1.82) is 0 Å². The quantitative estimate of drug-likeness (QED) is 0.687. The van der Waals surface area contributed by atoms with E-state index in [0.29, 0.717) is 18.5 Å². The lowest BCUT2D eigenvalue weighted by molar-refractivity contribution is -0.149. The number of carbonyl (C=O) groups is 3. The number of nitrogens with one attached hydrogen (secondary N) is 2. The highest BCUT2D eigenvalue weighted by molar-refractivity contribution is 6.06. The third-order valence-corrected chi connectivity index (χ3v) is 5.48. The van der Waals surface area contributed by atoms with Crippen LogP contribution in [0.2, 0.25) is 0 Å². The molecule has 0 aliphatic heterocycles. The smallest absolute Gasteiger partial charge is 0.331 e. The van der Waals surface area contributed by atoms with E-state index in [1.807, 2.05) is 0 Å². The van der Waals surface area contributed by atoms with Crippen LogP contribution in [0.15, 0.2) is 36.4 Å². The molecule has 2 aromatic rings. The van der Waals surface area contributed by atoms with Crippen molar-refractivity contribution < 1.29 is 27.9 Å². The summed E-state index contributed by atoms with van der Waals surface area (Å²) < 4.78 is 33.8. The SMILES string of the molecule is CNC(=O)c1ccc(N(C)C(=O)c2ccc(NC3(C(=O)OC)CCC3)cc2F)cc1F. The van der Waals surface area contributed by atoms with Gasteiger partial charge in [-0.1, -0.05) is 0 Å². The van der Waals surface area contributed by atoms with Crippen molar-refractivity contribution in [1.82, 2.24) is 5.32 Å². The second-order valence-corrected chi connectivity index (χ2v) is 7.35. The molecule has 0 atom stereocenters. The summed E-state index contributed by atoms with van der Waals surface area (Å²) in [4.78, 5) is 37.5. The Labute approximate surface area is 178 Å². The number of ether oxygens (including phenoxy) is 1. The summed E-state index contributed by atoms with van der Waals surface area (Å²) in [7, 11) is 4.06. The first-order valence-electron chi connectivity index (χ1n) is 9.68. The molecule has 0 radical (unpaired) electrons. The Balaban J connectivity index is 1.80. The summed E-state index contributed by atoms with van der Waals surface area (Å²) in [6.07, 6.45) is 1.99. The molecule has 2 N–H and O–H groups in total. The molecular formula is C22H23F2N3O4. The highest BCUT2D eigenvalue weighted by Crippen LogP contribution is 2.36. The van der Waals surface area contributed by atoms with Crippen LogP contribution in [-0.4, -0.2) is 44.5 Å². The molecule has 2 amide bonds. The molecule has 0 aromatic heterocycles. The Morgan fingerprint density at radius 1 is 1.03 bits per heavy atom. The van der Waals surface area contributed by atoms with Crippen LogP contribution in [0.25, 0.3) is 0 Å². The number of hydrogen-bond acceptors (Lipinski definition) is 5. The first-order chi connectivity index (χ1) is 14.7. The van der Waals surface area contributed by atoms with Crippen LogP contribution in [0, 0.1) is 11.6 Å². The minimum Gasteiger partial charge on any atom is -0.467 e. The maximum absolute atomic E-state index is 14.7. The van der Waals surface area contributed by atoms with Gasteiger partial charge in [0, 0.05) is 25.5 Å². The highest BCUT2D eigenvalue weighted by Gasteiger charge is 2.45. The van der Waals surface area contributed by atoms with Gasteiger partial charge >= 0.3 is 5.97 Å². The first-order valence-corrected chi connectivity index (χ1v) is 9.68. The summed E-state index contributed by atoms with van der Waals surface area (Å²) in [6, 6.07) is 7.63. The monoisotopic (exact) mass is 431 g/mol. The van der Waals surface area contributed by atoms with Crippen molar-refractivity contribution in [3.63, 3.8) is 0 Å². The molecule has 9 heteroatoms. The maximum atomic E-state index is 14.7. The van der Waals surface area contributed by atoms with Gasteiger partial charge in [-0.2, -0.15) is 0 Å². The molecule has 3 rings (SSSR count). The van der Waals surface area contributed by atoms with E-state index in [4.69, 9.17) is 4.74 Å². The zero-order chi connectivity index (χ0) is 22.8. The number of hydrogen-bond donors (Lipinski definition) is 2. The van der Waals surface area contributed by atoms with E-state index in [2.05, 4.69) is 10.6 Å². The third kappa shape index (κ3) is 4.21. The Morgan fingerprint density at radius 2 is 1.68 bits per heavy atom. The van der Waals surface area contributed by atoms with E-state index >= 15 is 0 Å². The molecule has 7 nitrogen and oxygen atoms in total. The fraction of sp³-hybridized carbons (Fsp3) is 0.318. The summed E-state index contributed by atoms with van der Waals surface area (Å²) in [5.41, 5.74) is -0.749. The van der Waals surface area contributed by atoms with E-state index < -0.39 is 35.0 Å². The molecular weight excluding hydrogens is 408 g/mol. The largest absolute Gasteiger partial charge is 0.467 e. The second kappa shape index (κ2) is 8.71. The molecule has 0 bridgehead atoms. The number of methoxy groups -OCH3 is 1. The molecule has 2 aromatic carbocycles. The van der Waals surface area contributed by atoms with Crippen molar-refractivity contribution >= 4 is 29.2 Å². The highest BCUT2D eigenvalue weighted by atomic mass is 19.1. The van der Waals surface area contributed by atoms with Crippen molar-refractivity contribution in [2.24, 2.45) is 0 Å². The van der Waals surface area contributed by atoms with E-state index in [1.165, 1.54) is 45.5 Å². The van der Waals surface area contributed by atoms with Gasteiger partial charge in [-0.15, -0.1) is 0 Å². The van der Waals surface area contributed by atoms with Crippen LogP contribution in [0.3, 0.4) is 0 Å². The zero-order valence-electron chi connectivity index (χ0n) is 17.4. The van der Waals surface area contributed by atoms with Crippen LogP contribution < -0.4 is 15.5 Å². The Hall–Kier alpha value is -3.49. The molecule has 1 aliphatic carbocycles. The van der Waals surface area contributed by atoms with Gasteiger partial charge in [-0.3, -0.25) is 9.59 Å². The van der Waals surface area contributed by atoms with Crippen LogP contribution >= 0.6 is 0 Å². The number of rotatable bonds is 6. The summed E-state index contributed by atoms with van der Waals surface area (Å²) in [5, 5.41) is 5.34. The summed E-state index contributed by atoms with van der Waals surface area (Å²) in [5.74, 6) is -3.29. The Bertz CT molecular complexity index is 1040. The van der Waals surface area contributed by atoms with E-state index in [0.717, 1.165) is 23.5 Å². The van der Waals surface area contributed by atoms with Gasteiger partial charge in [-0.05, 0) is 55.7 Å². The Morgan fingerprint density at radius 3 is 2.19 bits per heavy atom. The molecule has 164 valence electrons. The second-order valence-electron chi connectivity index (χ2n) is 7.35. The predicted octanol–water partition coefficient (Wildman–Crippen LogP) is 3.11. The zero-order valence-corrected chi connectivity index (χ0v) is 17.4. The Kier molecular flexibility index (Phi) is 6.24. The van der Waals surface area contributed by atoms with Gasteiger partial charge in [0.15, 0.2) is 0 Å². The number of esters is 1. The van der Waals surface area contributed by atoms with Crippen LogP contribution in [0.5, 0.6) is 0 Å². The minimum atomic E-state index is -0.881. The van der Waals surface area contributed by atoms with Crippen molar-refractivity contribution in [3.8, 4) is 0 Å². The number of nitrogens with zero attached hydrogens (tertiary/aromatic N) is 1. The molecule has 0 spiro atoms. The normalized spacial score (nSPS) is 14.2. The summed E-state index contributed by atoms with van der Waals surface area (Å²) in [6.45, 7) is 0.